The van der Waals surface area contributed by atoms with Gasteiger partial charge in [-0.2, -0.15) is 0 Å². The van der Waals surface area contributed by atoms with Crippen molar-refractivity contribution in [2.75, 3.05) is 26.4 Å². The minimum atomic E-state index is 0.106. The van der Waals surface area contributed by atoms with Crippen molar-refractivity contribution in [1.82, 2.24) is 5.32 Å². The minimum absolute atomic E-state index is 0.106. The van der Waals surface area contributed by atoms with Crippen molar-refractivity contribution in [2.45, 2.75) is 25.8 Å². The normalized spacial score (nSPS) is 12.6. The zero-order valence-electron chi connectivity index (χ0n) is 10.6. The number of hydrogen-bond acceptors (Lipinski definition) is 3. The van der Waals surface area contributed by atoms with Crippen LogP contribution in [0.3, 0.4) is 0 Å². The highest BCUT2D eigenvalue weighted by Gasteiger charge is 2.06. The van der Waals surface area contributed by atoms with E-state index in [-0.39, 0.29) is 6.61 Å². The van der Waals surface area contributed by atoms with Crippen LogP contribution in [0.4, 0.5) is 0 Å². The Hall–Kier alpha value is -0.900. The fourth-order valence-electron chi connectivity index (χ4n) is 1.80. The molecule has 1 aromatic carbocycles. The third kappa shape index (κ3) is 5.82. The molecule has 0 radical (unpaired) electrons. The van der Waals surface area contributed by atoms with Gasteiger partial charge in [0, 0.05) is 12.6 Å². The van der Waals surface area contributed by atoms with Crippen molar-refractivity contribution in [1.29, 1.82) is 0 Å². The Balaban J connectivity index is 2.20. The molecule has 1 atom stereocenters. The van der Waals surface area contributed by atoms with Crippen molar-refractivity contribution < 1.29 is 9.84 Å². The lowest BCUT2D eigenvalue weighted by Crippen LogP contribution is -2.23. The molecular weight excluding hydrogens is 214 g/mol. The van der Waals surface area contributed by atoms with Gasteiger partial charge in [0.1, 0.15) is 0 Å². The first-order valence-electron chi connectivity index (χ1n) is 6.35. The van der Waals surface area contributed by atoms with E-state index in [0.717, 1.165) is 19.4 Å². The summed E-state index contributed by atoms with van der Waals surface area (Å²) >= 11 is 0. The Kier molecular flexibility index (Phi) is 7.63. The van der Waals surface area contributed by atoms with E-state index in [2.05, 4.69) is 36.5 Å². The van der Waals surface area contributed by atoms with Crippen LogP contribution in [-0.4, -0.2) is 31.5 Å². The Bertz CT molecular complexity index is 277. The molecular formula is C14H23NO2. The summed E-state index contributed by atoms with van der Waals surface area (Å²) in [5.41, 5.74) is 1.34. The highest BCUT2D eigenvalue weighted by Crippen LogP contribution is 2.15. The summed E-state index contributed by atoms with van der Waals surface area (Å²) in [7, 11) is 0. The van der Waals surface area contributed by atoms with Crippen LogP contribution in [0.5, 0.6) is 0 Å². The average Bonchev–Trinajstić information content (AvgIpc) is 2.39. The van der Waals surface area contributed by atoms with Gasteiger partial charge in [-0.3, -0.25) is 0 Å². The molecule has 0 aromatic heterocycles. The Morgan fingerprint density at radius 2 is 2.00 bits per heavy atom. The summed E-state index contributed by atoms with van der Waals surface area (Å²) in [6, 6.07) is 10.9. The van der Waals surface area contributed by atoms with E-state index in [0.29, 0.717) is 19.3 Å². The van der Waals surface area contributed by atoms with Crippen LogP contribution >= 0.6 is 0 Å². The molecule has 0 heterocycles. The van der Waals surface area contributed by atoms with Crippen LogP contribution in [-0.2, 0) is 4.74 Å². The predicted octanol–water partition coefficient (Wildman–Crippen LogP) is 2.13. The fourth-order valence-corrected chi connectivity index (χ4v) is 1.80. The van der Waals surface area contributed by atoms with Gasteiger partial charge in [0.15, 0.2) is 0 Å². The maximum atomic E-state index is 8.56. The first-order valence-corrected chi connectivity index (χ1v) is 6.35. The number of hydrogen-bond donors (Lipinski definition) is 2. The summed E-state index contributed by atoms with van der Waals surface area (Å²) in [6.07, 6.45) is 2.06. The van der Waals surface area contributed by atoms with Crippen molar-refractivity contribution >= 4 is 0 Å². The lowest BCUT2D eigenvalue weighted by atomic mass is 10.0. The molecule has 0 bridgehead atoms. The fraction of sp³-hybridized carbons (Fsp3) is 0.571. The number of ether oxygens (including phenoxy) is 1. The lowest BCUT2D eigenvalue weighted by molar-refractivity contribution is 0.0903. The van der Waals surface area contributed by atoms with Gasteiger partial charge < -0.3 is 15.2 Å². The highest BCUT2D eigenvalue weighted by molar-refractivity contribution is 5.18. The molecule has 0 spiro atoms. The van der Waals surface area contributed by atoms with Crippen LogP contribution in [0.25, 0.3) is 0 Å². The van der Waals surface area contributed by atoms with Crippen molar-refractivity contribution in [3.8, 4) is 0 Å². The zero-order valence-corrected chi connectivity index (χ0v) is 10.6. The topological polar surface area (TPSA) is 41.5 Å². The molecule has 0 aliphatic carbocycles. The van der Waals surface area contributed by atoms with E-state index in [1.807, 2.05) is 6.07 Å². The van der Waals surface area contributed by atoms with Gasteiger partial charge in [0.2, 0.25) is 0 Å². The Labute approximate surface area is 104 Å². The van der Waals surface area contributed by atoms with Gasteiger partial charge in [0.05, 0.1) is 13.2 Å². The van der Waals surface area contributed by atoms with Crippen LogP contribution < -0.4 is 5.32 Å². The molecule has 1 rings (SSSR count). The zero-order chi connectivity index (χ0) is 12.3. The SMILES string of the molecule is CCC(NCCCOCCO)c1ccccc1. The van der Waals surface area contributed by atoms with Crippen molar-refractivity contribution in [3.63, 3.8) is 0 Å². The molecule has 0 saturated carbocycles. The first kappa shape index (κ1) is 14.2. The van der Waals surface area contributed by atoms with Crippen molar-refractivity contribution in [3.05, 3.63) is 35.9 Å². The molecule has 17 heavy (non-hydrogen) atoms. The number of aliphatic hydroxyl groups excluding tert-OH is 1. The molecule has 0 amide bonds. The van der Waals surface area contributed by atoms with E-state index >= 15 is 0 Å². The summed E-state index contributed by atoms with van der Waals surface area (Å²) in [5.74, 6) is 0. The standard InChI is InChI=1S/C14H23NO2/c1-2-14(13-7-4-3-5-8-13)15-9-6-11-17-12-10-16/h3-5,7-8,14-16H,2,6,9-12H2,1H3. The molecule has 3 nitrogen and oxygen atoms in total. The second kappa shape index (κ2) is 9.16. The van der Waals surface area contributed by atoms with Gasteiger partial charge in [0.25, 0.3) is 0 Å². The number of nitrogens with one attached hydrogen (secondary N) is 1. The second-order valence-electron chi connectivity index (χ2n) is 4.02. The molecule has 1 unspecified atom stereocenters. The monoisotopic (exact) mass is 237 g/mol. The number of rotatable bonds is 9. The quantitative estimate of drug-likeness (QED) is 0.646. The number of aliphatic hydroxyl groups is 1. The van der Waals surface area contributed by atoms with Crippen molar-refractivity contribution in [2.24, 2.45) is 0 Å². The highest BCUT2D eigenvalue weighted by atomic mass is 16.5. The van der Waals surface area contributed by atoms with Crippen LogP contribution in [0, 0.1) is 0 Å². The molecule has 0 saturated heterocycles. The molecule has 3 heteroatoms. The Morgan fingerprint density at radius 3 is 2.65 bits per heavy atom. The van der Waals surface area contributed by atoms with Crippen LogP contribution in [0.1, 0.15) is 31.4 Å². The van der Waals surface area contributed by atoms with Gasteiger partial charge >= 0.3 is 0 Å². The Morgan fingerprint density at radius 1 is 1.24 bits per heavy atom. The van der Waals surface area contributed by atoms with E-state index < -0.39 is 0 Å². The van der Waals surface area contributed by atoms with Gasteiger partial charge in [-0.1, -0.05) is 37.3 Å². The molecule has 1 aromatic rings. The van der Waals surface area contributed by atoms with Crippen LogP contribution in [0.15, 0.2) is 30.3 Å². The van der Waals surface area contributed by atoms with Gasteiger partial charge in [-0.25, -0.2) is 0 Å². The average molecular weight is 237 g/mol. The smallest absolute Gasteiger partial charge is 0.0697 e. The van der Waals surface area contributed by atoms with Crippen LogP contribution in [0.2, 0.25) is 0 Å². The van der Waals surface area contributed by atoms with E-state index in [1.54, 1.807) is 0 Å². The minimum Gasteiger partial charge on any atom is -0.394 e. The lowest BCUT2D eigenvalue weighted by Gasteiger charge is -2.17. The second-order valence-corrected chi connectivity index (χ2v) is 4.02. The molecule has 96 valence electrons. The third-order valence-electron chi connectivity index (χ3n) is 2.70. The van der Waals surface area contributed by atoms with E-state index in [9.17, 15) is 0 Å². The van der Waals surface area contributed by atoms with Gasteiger partial charge in [-0.05, 0) is 24.9 Å². The molecule has 0 aliphatic rings. The molecule has 0 fully saturated rings. The number of benzene rings is 1. The summed E-state index contributed by atoms with van der Waals surface area (Å²) in [4.78, 5) is 0. The van der Waals surface area contributed by atoms with E-state index in [4.69, 9.17) is 9.84 Å². The summed E-state index contributed by atoms with van der Waals surface area (Å²) in [5, 5.41) is 12.1. The summed E-state index contributed by atoms with van der Waals surface area (Å²) in [6.45, 7) is 4.38. The molecule has 2 N–H and O–H groups in total. The largest absolute Gasteiger partial charge is 0.394 e. The molecule has 0 aliphatic heterocycles. The predicted molar refractivity (Wildman–Crippen MR) is 70.0 cm³/mol. The first-order chi connectivity index (χ1) is 8.38. The summed E-state index contributed by atoms with van der Waals surface area (Å²) < 4.78 is 5.21. The maximum absolute atomic E-state index is 8.56. The van der Waals surface area contributed by atoms with E-state index in [1.165, 1.54) is 5.56 Å². The van der Waals surface area contributed by atoms with Gasteiger partial charge in [-0.15, -0.1) is 0 Å². The third-order valence-corrected chi connectivity index (χ3v) is 2.70. The maximum Gasteiger partial charge on any atom is 0.0697 e.